The molecular formula is C12H9ClO4. The van der Waals surface area contributed by atoms with Gasteiger partial charge in [-0.05, 0) is 24.1 Å². The largest absolute Gasteiger partial charge is 0.463 e. The Balaban J connectivity index is 2.32. The van der Waals surface area contributed by atoms with E-state index >= 15 is 0 Å². The first-order chi connectivity index (χ1) is 8.04. The van der Waals surface area contributed by atoms with E-state index in [9.17, 15) is 14.4 Å². The molecule has 0 heterocycles. The van der Waals surface area contributed by atoms with Gasteiger partial charge >= 0.3 is 5.97 Å². The van der Waals surface area contributed by atoms with Crippen molar-refractivity contribution in [2.24, 2.45) is 5.92 Å². The minimum absolute atomic E-state index is 0.235. The summed E-state index contributed by atoms with van der Waals surface area (Å²) in [6.07, 6.45) is 0.235. The molecular weight excluding hydrogens is 244 g/mol. The molecule has 1 aromatic carbocycles. The van der Waals surface area contributed by atoms with E-state index in [1.165, 1.54) is 6.07 Å². The lowest BCUT2D eigenvalue weighted by Crippen LogP contribution is -2.28. The first-order valence-corrected chi connectivity index (χ1v) is 5.37. The Morgan fingerprint density at radius 3 is 2.76 bits per heavy atom. The van der Waals surface area contributed by atoms with Gasteiger partial charge in [-0.2, -0.15) is 0 Å². The lowest BCUT2D eigenvalue weighted by Gasteiger charge is -2.03. The molecule has 0 radical (unpaired) electrons. The average Bonchev–Trinajstić information content (AvgIpc) is 2.65. The van der Waals surface area contributed by atoms with Crippen LogP contribution >= 0.6 is 11.6 Å². The van der Waals surface area contributed by atoms with E-state index in [-0.39, 0.29) is 12.2 Å². The summed E-state index contributed by atoms with van der Waals surface area (Å²) in [4.78, 5) is 34.6. The lowest BCUT2D eigenvalue weighted by atomic mass is 10.00. The molecule has 0 aliphatic heterocycles. The van der Waals surface area contributed by atoms with Crippen molar-refractivity contribution >= 4 is 29.1 Å². The Bertz CT molecular complexity index is 521. The van der Waals surface area contributed by atoms with Gasteiger partial charge < -0.3 is 4.74 Å². The van der Waals surface area contributed by atoms with Crippen molar-refractivity contribution in [2.75, 3.05) is 7.11 Å². The van der Waals surface area contributed by atoms with Crippen LogP contribution < -0.4 is 0 Å². The van der Waals surface area contributed by atoms with Crippen LogP contribution in [0.5, 0.6) is 0 Å². The number of carbonyl (C=O) groups is 3. The van der Waals surface area contributed by atoms with Crippen LogP contribution in [0, 0.1) is 5.92 Å². The van der Waals surface area contributed by atoms with Gasteiger partial charge in [-0.3, -0.25) is 9.59 Å². The standard InChI is InChI=1S/C12H9ClO4/c1-17-12(16)11(15)9-4-6-2-3-7(13)5-8(6)10(9)14/h2-3,5,9H,4H2,1H3. The van der Waals surface area contributed by atoms with Crippen molar-refractivity contribution in [3.05, 3.63) is 34.3 Å². The van der Waals surface area contributed by atoms with Crippen LogP contribution in [-0.2, 0) is 20.7 Å². The van der Waals surface area contributed by atoms with Gasteiger partial charge in [-0.1, -0.05) is 17.7 Å². The van der Waals surface area contributed by atoms with Crippen LogP contribution in [0.2, 0.25) is 5.02 Å². The highest BCUT2D eigenvalue weighted by molar-refractivity contribution is 6.40. The molecule has 2 rings (SSSR count). The van der Waals surface area contributed by atoms with Crippen molar-refractivity contribution in [3.8, 4) is 0 Å². The van der Waals surface area contributed by atoms with E-state index in [1.807, 2.05) is 0 Å². The Morgan fingerprint density at radius 1 is 1.41 bits per heavy atom. The number of rotatable bonds is 2. The number of esters is 1. The maximum atomic E-state index is 11.9. The SMILES string of the molecule is COC(=O)C(=O)C1Cc2ccc(Cl)cc2C1=O. The quantitative estimate of drug-likeness (QED) is 0.454. The zero-order chi connectivity index (χ0) is 12.6. The third-order valence-electron chi connectivity index (χ3n) is 2.78. The summed E-state index contributed by atoms with van der Waals surface area (Å²) < 4.78 is 4.33. The number of fused-ring (bicyclic) bond motifs is 1. The molecule has 0 aromatic heterocycles. The number of benzene rings is 1. The van der Waals surface area contributed by atoms with Crippen LogP contribution in [0.3, 0.4) is 0 Å². The molecule has 0 amide bonds. The van der Waals surface area contributed by atoms with Gasteiger partial charge in [0.1, 0.15) is 0 Å². The maximum absolute atomic E-state index is 11.9. The van der Waals surface area contributed by atoms with Crippen LogP contribution in [0.15, 0.2) is 18.2 Å². The Kier molecular flexibility index (Phi) is 2.98. The second-order valence-electron chi connectivity index (χ2n) is 3.78. The number of methoxy groups -OCH3 is 1. The monoisotopic (exact) mass is 252 g/mol. The second kappa shape index (κ2) is 4.30. The summed E-state index contributed by atoms with van der Waals surface area (Å²) >= 11 is 5.78. The number of ketones is 2. The molecule has 0 bridgehead atoms. The summed E-state index contributed by atoms with van der Waals surface area (Å²) in [5, 5.41) is 0.434. The molecule has 17 heavy (non-hydrogen) atoms. The topological polar surface area (TPSA) is 60.4 Å². The van der Waals surface area contributed by atoms with Crippen LogP contribution in [0.1, 0.15) is 15.9 Å². The third-order valence-corrected chi connectivity index (χ3v) is 3.02. The molecule has 1 aliphatic carbocycles. The molecule has 0 saturated heterocycles. The van der Waals surface area contributed by atoms with Gasteiger partial charge in [0.25, 0.3) is 5.78 Å². The van der Waals surface area contributed by atoms with Gasteiger partial charge in [0.05, 0.1) is 13.0 Å². The minimum Gasteiger partial charge on any atom is -0.463 e. The fraction of sp³-hybridized carbons (Fsp3) is 0.250. The molecule has 88 valence electrons. The van der Waals surface area contributed by atoms with E-state index in [0.29, 0.717) is 10.6 Å². The maximum Gasteiger partial charge on any atom is 0.375 e. The molecule has 1 aliphatic rings. The Labute approximate surface area is 103 Å². The fourth-order valence-corrected chi connectivity index (χ4v) is 2.08. The molecule has 1 aromatic rings. The van der Waals surface area contributed by atoms with Gasteiger partial charge in [0.2, 0.25) is 0 Å². The summed E-state index contributed by atoms with van der Waals surface area (Å²) in [7, 11) is 1.11. The predicted octanol–water partition coefficient (Wildman–Crippen LogP) is 1.44. The van der Waals surface area contributed by atoms with E-state index in [1.54, 1.807) is 12.1 Å². The smallest absolute Gasteiger partial charge is 0.375 e. The van der Waals surface area contributed by atoms with E-state index in [0.717, 1.165) is 12.7 Å². The number of halogens is 1. The van der Waals surface area contributed by atoms with Crippen molar-refractivity contribution < 1.29 is 19.1 Å². The van der Waals surface area contributed by atoms with E-state index < -0.39 is 17.7 Å². The normalized spacial score (nSPS) is 17.8. The highest BCUT2D eigenvalue weighted by Crippen LogP contribution is 2.29. The van der Waals surface area contributed by atoms with Crippen molar-refractivity contribution in [3.63, 3.8) is 0 Å². The van der Waals surface area contributed by atoms with Crippen molar-refractivity contribution in [1.82, 2.24) is 0 Å². The predicted molar refractivity (Wildman–Crippen MR) is 60.0 cm³/mol. The molecule has 0 N–H and O–H groups in total. The number of carbonyl (C=O) groups excluding carboxylic acids is 3. The van der Waals surface area contributed by atoms with Gasteiger partial charge in [-0.15, -0.1) is 0 Å². The summed E-state index contributed by atoms with van der Waals surface area (Å²) in [5.74, 6) is -3.11. The second-order valence-corrected chi connectivity index (χ2v) is 4.21. The highest BCUT2D eigenvalue weighted by atomic mass is 35.5. The number of hydrogen-bond donors (Lipinski definition) is 0. The van der Waals surface area contributed by atoms with Crippen LogP contribution in [-0.4, -0.2) is 24.6 Å². The summed E-state index contributed by atoms with van der Waals surface area (Å²) in [6.45, 7) is 0. The minimum atomic E-state index is -0.984. The van der Waals surface area contributed by atoms with E-state index in [2.05, 4.69) is 4.74 Å². The molecule has 0 saturated carbocycles. The fourth-order valence-electron chi connectivity index (χ4n) is 1.91. The summed E-state index contributed by atoms with van der Waals surface area (Å²) in [6, 6.07) is 4.86. The highest BCUT2D eigenvalue weighted by Gasteiger charge is 2.39. The van der Waals surface area contributed by atoms with Gasteiger partial charge in [0.15, 0.2) is 5.78 Å². The number of hydrogen-bond acceptors (Lipinski definition) is 4. The lowest BCUT2D eigenvalue weighted by molar-refractivity contribution is -0.152. The first kappa shape index (κ1) is 11.8. The van der Waals surface area contributed by atoms with Crippen molar-refractivity contribution in [1.29, 1.82) is 0 Å². The van der Waals surface area contributed by atoms with Gasteiger partial charge in [0, 0.05) is 10.6 Å². The van der Waals surface area contributed by atoms with E-state index in [4.69, 9.17) is 11.6 Å². The first-order valence-electron chi connectivity index (χ1n) is 4.99. The molecule has 0 fully saturated rings. The Hall–Kier alpha value is -1.68. The van der Waals surface area contributed by atoms with Crippen LogP contribution in [0.25, 0.3) is 0 Å². The van der Waals surface area contributed by atoms with Gasteiger partial charge in [-0.25, -0.2) is 4.79 Å². The summed E-state index contributed by atoms with van der Waals surface area (Å²) in [5.41, 5.74) is 1.15. The average molecular weight is 253 g/mol. The number of ether oxygens (including phenoxy) is 1. The zero-order valence-electron chi connectivity index (χ0n) is 9.03. The Morgan fingerprint density at radius 2 is 2.12 bits per heavy atom. The van der Waals surface area contributed by atoms with Crippen molar-refractivity contribution in [2.45, 2.75) is 6.42 Å². The number of Topliss-reactive ketones (excluding diaryl/α,β-unsaturated/α-hetero) is 2. The molecule has 1 unspecified atom stereocenters. The molecule has 1 atom stereocenters. The third kappa shape index (κ3) is 1.96. The zero-order valence-corrected chi connectivity index (χ0v) is 9.78. The molecule has 0 spiro atoms. The molecule has 5 heteroatoms. The molecule has 4 nitrogen and oxygen atoms in total. The van der Waals surface area contributed by atoms with Crippen LogP contribution in [0.4, 0.5) is 0 Å².